The van der Waals surface area contributed by atoms with Gasteiger partial charge in [0.25, 0.3) is 10.2 Å². The number of aliphatic carboxylic acids is 1. The van der Waals surface area contributed by atoms with Crippen LogP contribution < -0.4 is 0 Å². The maximum Gasteiger partial charge on any atom is 0.304 e. The highest BCUT2D eigenvalue weighted by Gasteiger charge is 2.25. The fourth-order valence-electron chi connectivity index (χ4n) is 1.24. The molecule has 0 radical (unpaired) electrons. The van der Waals surface area contributed by atoms with Crippen LogP contribution in [0.25, 0.3) is 0 Å². The van der Waals surface area contributed by atoms with E-state index in [9.17, 15) is 18.3 Å². The molecule has 9 heteroatoms. The topological polar surface area (TPSA) is 107 Å². The Bertz CT molecular complexity index is 358. The molecule has 2 N–H and O–H groups in total. The second-order valence-corrected chi connectivity index (χ2v) is 6.01. The maximum absolute atomic E-state index is 11.9. The molecule has 0 fully saturated rings. The lowest BCUT2D eigenvalue weighted by Crippen LogP contribution is -2.44. The standard InChI is InChI=1S/C9H20N2O6S/c1-10(5-4-9(13)14)18(15,16)11(2)6-8(12)7-17-3/h8,12H,4-7H2,1-3H3,(H,13,14). The predicted molar refractivity (Wildman–Crippen MR) is 64.3 cm³/mol. The molecule has 108 valence electrons. The molecule has 0 spiro atoms. The van der Waals surface area contributed by atoms with Gasteiger partial charge in [-0.2, -0.15) is 17.0 Å². The lowest BCUT2D eigenvalue weighted by atomic mass is 10.4. The van der Waals surface area contributed by atoms with Gasteiger partial charge < -0.3 is 14.9 Å². The van der Waals surface area contributed by atoms with Crippen molar-refractivity contribution >= 4 is 16.2 Å². The van der Waals surface area contributed by atoms with Crippen molar-refractivity contribution in [1.82, 2.24) is 8.61 Å². The number of hydrogen-bond donors (Lipinski definition) is 2. The molecule has 0 aromatic heterocycles. The summed E-state index contributed by atoms with van der Waals surface area (Å²) < 4.78 is 30.4. The molecule has 0 aromatic rings. The molecule has 8 nitrogen and oxygen atoms in total. The smallest absolute Gasteiger partial charge is 0.304 e. The normalized spacial score (nSPS) is 14.1. The monoisotopic (exact) mass is 284 g/mol. The lowest BCUT2D eigenvalue weighted by molar-refractivity contribution is -0.137. The van der Waals surface area contributed by atoms with Gasteiger partial charge in [-0.3, -0.25) is 4.79 Å². The van der Waals surface area contributed by atoms with Crippen LogP contribution in [0.4, 0.5) is 0 Å². The SMILES string of the molecule is COCC(O)CN(C)S(=O)(=O)N(C)CCC(=O)O. The van der Waals surface area contributed by atoms with Crippen molar-refractivity contribution in [1.29, 1.82) is 0 Å². The van der Waals surface area contributed by atoms with Crippen LogP contribution in [-0.4, -0.2) is 80.2 Å². The van der Waals surface area contributed by atoms with Gasteiger partial charge in [-0.25, -0.2) is 0 Å². The number of rotatable bonds is 9. The number of aliphatic hydroxyl groups excluding tert-OH is 1. The number of carbonyl (C=O) groups is 1. The van der Waals surface area contributed by atoms with Crippen molar-refractivity contribution in [3.05, 3.63) is 0 Å². The molecule has 0 aliphatic rings. The highest BCUT2D eigenvalue weighted by Crippen LogP contribution is 2.05. The van der Waals surface area contributed by atoms with Crippen molar-refractivity contribution in [3.8, 4) is 0 Å². The van der Waals surface area contributed by atoms with Gasteiger partial charge in [-0.05, 0) is 0 Å². The summed E-state index contributed by atoms with van der Waals surface area (Å²) in [5.74, 6) is -1.07. The Balaban J connectivity index is 4.46. The molecule has 1 unspecified atom stereocenters. The molecule has 0 heterocycles. The number of carboxylic acid groups (broad SMARTS) is 1. The Kier molecular flexibility index (Phi) is 7.33. The summed E-state index contributed by atoms with van der Waals surface area (Å²) in [6.07, 6.45) is -1.20. The fraction of sp³-hybridized carbons (Fsp3) is 0.889. The maximum atomic E-state index is 11.9. The summed E-state index contributed by atoms with van der Waals surface area (Å²) in [6.45, 7) is -0.214. The van der Waals surface area contributed by atoms with Crippen molar-refractivity contribution < 1.29 is 28.2 Å². The van der Waals surface area contributed by atoms with Gasteiger partial charge in [0.15, 0.2) is 0 Å². The molecule has 0 saturated heterocycles. The van der Waals surface area contributed by atoms with Crippen molar-refractivity contribution in [2.75, 3.05) is 40.9 Å². The Morgan fingerprint density at radius 1 is 1.33 bits per heavy atom. The van der Waals surface area contributed by atoms with Crippen molar-refractivity contribution in [2.45, 2.75) is 12.5 Å². The minimum Gasteiger partial charge on any atom is -0.481 e. The van der Waals surface area contributed by atoms with Crippen molar-refractivity contribution in [2.24, 2.45) is 0 Å². The predicted octanol–water partition coefficient (Wildman–Crippen LogP) is -1.42. The second kappa shape index (κ2) is 7.64. The van der Waals surface area contributed by atoms with Gasteiger partial charge in [0, 0.05) is 34.3 Å². The molecule has 0 bridgehead atoms. The molecule has 0 aliphatic heterocycles. The zero-order chi connectivity index (χ0) is 14.3. The molecule has 0 aromatic carbocycles. The average Bonchev–Trinajstić information content (AvgIpc) is 2.25. The molecule has 0 rings (SSSR count). The first-order valence-electron chi connectivity index (χ1n) is 5.28. The largest absolute Gasteiger partial charge is 0.481 e. The highest BCUT2D eigenvalue weighted by molar-refractivity contribution is 7.86. The van der Waals surface area contributed by atoms with Crippen LogP contribution in [-0.2, 0) is 19.7 Å². The van der Waals surface area contributed by atoms with Gasteiger partial charge in [0.2, 0.25) is 0 Å². The Hall–Kier alpha value is -0.740. The Morgan fingerprint density at radius 3 is 2.33 bits per heavy atom. The van der Waals surface area contributed by atoms with E-state index >= 15 is 0 Å². The number of carboxylic acids is 1. The van der Waals surface area contributed by atoms with Crippen LogP contribution in [0.3, 0.4) is 0 Å². The minimum absolute atomic E-state index is 0.0265. The summed E-state index contributed by atoms with van der Waals surface area (Å²) in [6, 6.07) is 0. The summed E-state index contributed by atoms with van der Waals surface area (Å²) in [7, 11) is 0.239. The van der Waals surface area contributed by atoms with E-state index in [1.165, 1.54) is 21.2 Å². The number of hydrogen-bond acceptors (Lipinski definition) is 5. The second-order valence-electron chi connectivity index (χ2n) is 3.86. The van der Waals surface area contributed by atoms with Crippen LogP contribution in [0.15, 0.2) is 0 Å². The first-order chi connectivity index (χ1) is 8.21. The van der Waals surface area contributed by atoms with E-state index in [0.29, 0.717) is 0 Å². The summed E-state index contributed by atoms with van der Waals surface area (Å²) in [4.78, 5) is 10.4. The molecular formula is C9H20N2O6S. The van der Waals surface area contributed by atoms with E-state index in [4.69, 9.17) is 9.84 Å². The van der Waals surface area contributed by atoms with Gasteiger partial charge in [0.05, 0.1) is 19.1 Å². The third kappa shape index (κ3) is 5.74. The van der Waals surface area contributed by atoms with Crippen LogP contribution in [0.2, 0.25) is 0 Å². The first-order valence-corrected chi connectivity index (χ1v) is 6.68. The Morgan fingerprint density at radius 2 is 1.89 bits per heavy atom. The number of methoxy groups -OCH3 is 1. The molecule has 1 atom stereocenters. The van der Waals surface area contributed by atoms with E-state index in [-0.39, 0.29) is 26.1 Å². The van der Waals surface area contributed by atoms with Gasteiger partial charge >= 0.3 is 5.97 Å². The zero-order valence-corrected chi connectivity index (χ0v) is 11.6. The minimum atomic E-state index is -3.76. The summed E-state index contributed by atoms with van der Waals surface area (Å²) in [5, 5.41) is 17.9. The quantitative estimate of drug-likeness (QED) is 0.538. The summed E-state index contributed by atoms with van der Waals surface area (Å²) in [5.41, 5.74) is 0. The molecule has 0 amide bonds. The number of nitrogens with zero attached hydrogens (tertiary/aromatic N) is 2. The molecule has 18 heavy (non-hydrogen) atoms. The average molecular weight is 284 g/mol. The van der Waals surface area contributed by atoms with E-state index in [0.717, 1.165) is 8.61 Å². The third-order valence-corrected chi connectivity index (χ3v) is 4.16. The van der Waals surface area contributed by atoms with Gasteiger partial charge in [0.1, 0.15) is 0 Å². The van der Waals surface area contributed by atoms with E-state index in [2.05, 4.69) is 0 Å². The van der Waals surface area contributed by atoms with Crippen molar-refractivity contribution in [3.63, 3.8) is 0 Å². The third-order valence-electron chi connectivity index (χ3n) is 2.26. The van der Waals surface area contributed by atoms with Gasteiger partial charge in [-0.1, -0.05) is 0 Å². The summed E-state index contributed by atoms with van der Waals surface area (Å²) >= 11 is 0. The molecular weight excluding hydrogens is 264 g/mol. The van der Waals surface area contributed by atoms with Crippen LogP contribution in [0.1, 0.15) is 6.42 Å². The number of ether oxygens (including phenoxy) is 1. The van der Waals surface area contributed by atoms with Gasteiger partial charge in [-0.15, -0.1) is 0 Å². The number of aliphatic hydroxyl groups is 1. The van der Waals surface area contributed by atoms with Crippen LogP contribution in [0, 0.1) is 0 Å². The van der Waals surface area contributed by atoms with E-state index in [1.54, 1.807) is 0 Å². The highest BCUT2D eigenvalue weighted by atomic mass is 32.2. The fourth-order valence-corrected chi connectivity index (χ4v) is 2.40. The van der Waals surface area contributed by atoms with E-state index in [1.807, 2.05) is 0 Å². The van der Waals surface area contributed by atoms with E-state index < -0.39 is 22.3 Å². The first kappa shape index (κ1) is 17.3. The molecule has 0 saturated carbocycles. The van der Waals surface area contributed by atoms with Crippen LogP contribution in [0.5, 0.6) is 0 Å². The van der Waals surface area contributed by atoms with Crippen LogP contribution >= 0.6 is 0 Å². The lowest BCUT2D eigenvalue weighted by Gasteiger charge is -2.25. The number of likely N-dealkylation sites (N-methyl/N-ethyl adjacent to an activating group) is 1. The molecule has 0 aliphatic carbocycles. The Labute approximate surface area is 107 Å². The zero-order valence-electron chi connectivity index (χ0n) is 10.7.